The zero-order chi connectivity index (χ0) is 24.3. The molecule has 0 aliphatic heterocycles. The summed E-state index contributed by atoms with van der Waals surface area (Å²) in [5.41, 5.74) is 0. The number of carbonyl (C=O) groups is 2. The predicted molar refractivity (Wildman–Crippen MR) is 101 cm³/mol. The van der Waals surface area contributed by atoms with E-state index in [1.807, 2.05) is 0 Å². The van der Waals surface area contributed by atoms with Crippen molar-refractivity contribution >= 4 is 49.7 Å². The van der Waals surface area contributed by atoms with E-state index in [1.54, 1.807) is 0 Å². The second-order valence-corrected chi connectivity index (χ2v) is 5.97. The van der Waals surface area contributed by atoms with Gasteiger partial charge in [0, 0.05) is 0 Å². The number of hydrogen-bond acceptors (Lipinski definition) is 16. The quantitative estimate of drug-likeness (QED) is 0.101. The van der Waals surface area contributed by atoms with E-state index in [-0.39, 0.29) is 54.2 Å². The van der Waals surface area contributed by atoms with Gasteiger partial charge in [-0.2, -0.15) is 0 Å². The molecule has 0 unspecified atom stereocenters. The summed E-state index contributed by atoms with van der Waals surface area (Å²) >= 11 is 0. The van der Waals surface area contributed by atoms with Gasteiger partial charge in [0.1, 0.15) is 61.0 Å². The molecular weight excluding hydrogens is 512 g/mol. The molecule has 19 nitrogen and oxygen atoms in total. The van der Waals surface area contributed by atoms with Crippen molar-refractivity contribution in [2.75, 3.05) is 13.2 Å². The molecule has 0 spiro atoms. The first-order valence-electron chi connectivity index (χ1n) is 8.09. The van der Waals surface area contributed by atoms with Gasteiger partial charge in [-0.15, -0.1) is 0 Å². The fraction of sp³-hybridized carbons (Fsp3) is 0.857. The summed E-state index contributed by atoms with van der Waals surface area (Å²) in [7, 11) is 0. The Morgan fingerprint density at radius 3 is 0.853 bits per heavy atom. The fourth-order valence-electron chi connectivity index (χ4n) is 1.73. The van der Waals surface area contributed by atoms with Gasteiger partial charge in [0.25, 0.3) is 0 Å². The molecular formula is C14H32CaO19. The van der Waals surface area contributed by atoms with Crippen molar-refractivity contribution in [3.63, 3.8) is 0 Å². The molecule has 0 fully saturated rings. The zero-order valence-electron chi connectivity index (χ0n) is 17.4. The second kappa shape index (κ2) is 23.0. The van der Waals surface area contributed by atoms with Crippen LogP contribution in [0.5, 0.6) is 0 Å². The molecule has 0 aliphatic rings. The summed E-state index contributed by atoms with van der Waals surface area (Å²) in [5.74, 6) is -4.07. The van der Waals surface area contributed by atoms with Crippen LogP contribution in [-0.4, -0.2) is 202 Å². The van der Waals surface area contributed by atoms with Crippen molar-refractivity contribution in [2.24, 2.45) is 0 Å². The molecule has 0 aliphatic carbocycles. The summed E-state index contributed by atoms with van der Waals surface area (Å²) in [6, 6.07) is 0. The van der Waals surface area contributed by atoms with Gasteiger partial charge in [0.15, 0.2) is 0 Å². The Bertz CT molecular complexity index is 467. The maximum Gasteiger partial charge on any atom is 2.00 e. The SMILES string of the molecule is O.O.O.O=C([O-])[C@H](O)[C@H](O)[C@@H](O)[C@H](O)[C@H](O)CO.O=C([O-])[C@H](O)[C@H](O)[C@@H](O)[C@H](O)[C@H](O)CO.[Ca+2]. The number of aliphatic carboxylic acids is 2. The van der Waals surface area contributed by atoms with Crippen LogP contribution >= 0.6 is 0 Å². The normalized spacial score (nSPS) is 18.9. The van der Waals surface area contributed by atoms with Crippen LogP contribution in [0.3, 0.4) is 0 Å². The Hall–Kier alpha value is -0.400. The van der Waals surface area contributed by atoms with Gasteiger partial charge < -0.3 is 97.5 Å². The molecule has 0 saturated carbocycles. The molecule has 34 heavy (non-hydrogen) atoms. The summed E-state index contributed by atoms with van der Waals surface area (Å²) in [4.78, 5) is 20.2. The molecule has 0 radical (unpaired) electrons. The van der Waals surface area contributed by atoms with Gasteiger partial charge in [-0.05, 0) is 0 Å². The van der Waals surface area contributed by atoms with Crippen molar-refractivity contribution in [3.05, 3.63) is 0 Å². The van der Waals surface area contributed by atoms with Gasteiger partial charge in [0.05, 0.1) is 25.2 Å². The molecule has 0 aromatic heterocycles. The molecule has 0 rings (SSSR count). The fourth-order valence-corrected chi connectivity index (χ4v) is 1.73. The van der Waals surface area contributed by atoms with Gasteiger partial charge in [0.2, 0.25) is 0 Å². The second-order valence-electron chi connectivity index (χ2n) is 5.97. The van der Waals surface area contributed by atoms with E-state index < -0.39 is 86.2 Å². The molecule has 18 N–H and O–H groups in total. The number of aliphatic hydroxyl groups is 12. The number of rotatable bonds is 12. The van der Waals surface area contributed by atoms with Crippen molar-refractivity contribution in [3.8, 4) is 0 Å². The average molecular weight is 544 g/mol. The number of carboxylic acids is 2. The maximum absolute atomic E-state index is 10.1. The number of carboxylic acid groups (broad SMARTS) is 2. The van der Waals surface area contributed by atoms with Crippen LogP contribution in [0.4, 0.5) is 0 Å². The van der Waals surface area contributed by atoms with Crippen molar-refractivity contribution < 1.29 is 97.5 Å². The topological polar surface area (TPSA) is 418 Å². The van der Waals surface area contributed by atoms with Gasteiger partial charge in [-0.3, -0.25) is 0 Å². The minimum absolute atomic E-state index is 0. The molecule has 0 amide bonds. The third-order valence-corrected chi connectivity index (χ3v) is 3.69. The zero-order valence-corrected chi connectivity index (χ0v) is 19.6. The Kier molecular flexibility index (Phi) is 31.7. The Morgan fingerprint density at radius 1 is 0.500 bits per heavy atom. The standard InChI is InChI=1S/2C7H14O8.Ca.3H2O/c2*8-1-2(9)3(10)4(11)5(12)6(13)7(14)15;;;;/h2*2-6,8-13H,1H2,(H,14,15);;3*1H2/q;;+2;;;/p-2/t2*2-,3-,4+,5-,6-;;;;/m11..../s1. The summed E-state index contributed by atoms with van der Waals surface area (Å²) in [5, 5.41) is 126. The molecule has 10 atom stereocenters. The van der Waals surface area contributed by atoms with Crippen LogP contribution in [0.2, 0.25) is 0 Å². The van der Waals surface area contributed by atoms with Crippen LogP contribution in [0, 0.1) is 0 Å². The van der Waals surface area contributed by atoms with E-state index in [4.69, 9.17) is 61.3 Å². The van der Waals surface area contributed by atoms with Crippen LogP contribution in [0.25, 0.3) is 0 Å². The van der Waals surface area contributed by atoms with Crippen molar-refractivity contribution in [2.45, 2.75) is 61.0 Å². The van der Waals surface area contributed by atoms with E-state index in [9.17, 15) is 19.8 Å². The van der Waals surface area contributed by atoms with Crippen LogP contribution < -0.4 is 10.2 Å². The molecule has 0 aromatic rings. The number of carbonyl (C=O) groups excluding carboxylic acids is 2. The smallest absolute Gasteiger partial charge is 0.547 e. The largest absolute Gasteiger partial charge is 2.00 e. The molecule has 0 aromatic carbocycles. The van der Waals surface area contributed by atoms with Crippen molar-refractivity contribution in [1.29, 1.82) is 0 Å². The third kappa shape index (κ3) is 15.6. The Balaban J connectivity index is -0.000000103. The number of hydrogen-bond donors (Lipinski definition) is 12. The van der Waals surface area contributed by atoms with E-state index in [1.165, 1.54) is 0 Å². The van der Waals surface area contributed by atoms with Crippen LogP contribution in [0.1, 0.15) is 0 Å². The molecule has 0 bridgehead atoms. The van der Waals surface area contributed by atoms with E-state index >= 15 is 0 Å². The molecule has 204 valence electrons. The maximum atomic E-state index is 10.1. The minimum atomic E-state index is -2.40. The summed E-state index contributed by atoms with van der Waals surface area (Å²) in [6.07, 6.45) is -21.0. The van der Waals surface area contributed by atoms with E-state index in [2.05, 4.69) is 0 Å². The van der Waals surface area contributed by atoms with Gasteiger partial charge in [-0.25, -0.2) is 0 Å². The molecule has 0 saturated heterocycles. The summed E-state index contributed by atoms with van der Waals surface area (Å²) < 4.78 is 0. The minimum Gasteiger partial charge on any atom is -0.547 e. The van der Waals surface area contributed by atoms with E-state index in [0.717, 1.165) is 0 Å². The van der Waals surface area contributed by atoms with Gasteiger partial charge in [-0.1, -0.05) is 0 Å². The van der Waals surface area contributed by atoms with Crippen LogP contribution in [0.15, 0.2) is 0 Å². The predicted octanol–water partition coefficient (Wildman–Crippen LogP) is -13.8. The Morgan fingerprint density at radius 2 is 0.706 bits per heavy atom. The monoisotopic (exact) mass is 544 g/mol. The Labute approximate surface area is 220 Å². The van der Waals surface area contributed by atoms with E-state index in [0.29, 0.717) is 0 Å². The van der Waals surface area contributed by atoms with Crippen molar-refractivity contribution in [1.82, 2.24) is 0 Å². The first-order valence-corrected chi connectivity index (χ1v) is 8.09. The first-order chi connectivity index (χ1) is 13.6. The van der Waals surface area contributed by atoms with Crippen LogP contribution in [-0.2, 0) is 9.59 Å². The molecule has 0 heterocycles. The summed E-state index contributed by atoms with van der Waals surface area (Å²) in [6.45, 7) is -1.79. The molecule has 20 heteroatoms. The average Bonchev–Trinajstić information content (AvgIpc) is 2.73. The number of aliphatic hydroxyl groups excluding tert-OH is 12. The first kappa shape index (κ1) is 46.9. The third-order valence-electron chi connectivity index (χ3n) is 3.69. The van der Waals surface area contributed by atoms with Gasteiger partial charge >= 0.3 is 37.7 Å².